The molecule has 186 valence electrons. The predicted molar refractivity (Wildman–Crippen MR) is 134 cm³/mol. The summed E-state index contributed by atoms with van der Waals surface area (Å²) in [5.41, 5.74) is 1.38. The SMILES string of the molecule is CCCNC(=O)[C@H](CC)N(CCc1ccccc1)C(=O)CN(c1ccc(OC)cc1)S(C)(=O)=O. The number of nitrogens with one attached hydrogen (secondary N) is 1. The summed E-state index contributed by atoms with van der Waals surface area (Å²) in [4.78, 5) is 27.9. The Labute approximate surface area is 202 Å². The van der Waals surface area contributed by atoms with Gasteiger partial charge in [0.1, 0.15) is 18.3 Å². The maximum atomic E-state index is 13.5. The van der Waals surface area contributed by atoms with Crippen LogP contribution in [0.15, 0.2) is 54.6 Å². The average Bonchev–Trinajstić information content (AvgIpc) is 2.83. The number of carbonyl (C=O) groups is 2. The molecule has 0 unspecified atom stereocenters. The van der Waals surface area contributed by atoms with Crippen LogP contribution >= 0.6 is 0 Å². The highest BCUT2D eigenvalue weighted by atomic mass is 32.2. The lowest BCUT2D eigenvalue weighted by Crippen LogP contribution is -2.53. The van der Waals surface area contributed by atoms with E-state index in [1.54, 1.807) is 24.3 Å². The Bertz CT molecular complexity index is 1030. The van der Waals surface area contributed by atoms with Gasteiger partial charge in [0.15, 0.2) is 0 Å². The van der Waals surface area contributed by atoms with E-state index in [-0.39, 0.29) is 5.91 Å². The number of hydrogen-bond donors (Lipinski definition) is 1. The number of sulfonamides is 1. The van der Waals surface area contributed by atoms with Crippen molar-refractivity contribution in [2.24, 2.45) is 0 Å². The van der Waals surface area contributed by atoms with E-state index >= 15 is 0 Å². The summed E-state index contributed by atoms with van der Waals surface area (Å²) in [5.74, 6) is -0.0940. The first-order valence-electron chi connectivity index (χ1n) is 11.4. The molecule has 0 aliphatic rings. The van der Waals surface area contributed by atoms with Crippen LogP contribution in [0.3, 0.4) is 0 Å². The molecule has 0 saturated carbocycles. The number of anilines is 1. The molecule has 0 fully saturated rings. The second-order valence-electron chi connectivity index (χ2n) is 8.01. The molecule has 0 bridgehead atoms. The van der Waals surface area contributed by atoms with Gasteiger partial charge >= 0.3 is 0 Å². The van der Waals surface area contributed by atoms with Crippen LogP contribution in [-0.2, 0) is 26.0 Å². The molecule has 2 aromatic carbocycles. The molecule has 0 aliphatic heterocycles. The fraction of sp³-hybridized carbons (Fsp3) is 0.440. The minimum absolute atomic E-state index is 0.235. The maximum absolute atomic E-state index is 13.5. The van der Waals surface area contributed by atoms with Crippen LogP contribution in [0.1, 0.15) is 32.3 Å². The Balaban J connectivity index is 2.33. The molecule has 0 heterocycles. The van der Waals surface area contributed by atoms with Gasteiger partial charge in [-0.3, -0.25) is 13.9 Å². The molecule has 1 atom stereocenters. The van der Waals surface area contributed by atoms with Crippen molar-refractivity contribution < 1.29 is 22.7 Å². The highest BCUT2D eigenvalue weighted by Crippen LogP contribution is 2.22. The first-order valence-corrected chi connectivity index (χ1v) is 13.3. The topological polar surface area (TPSA) is 96.0 Å². The van der Waals surface area contributed by atoms with Gasteiger partial charge in [-0.1, -0.05) is 44.2 Å². The van der Waals surface area contributed by atoms with Crippen molar-refractivity contribution in [3.63, 3.8) is 0 Å². The van der Waals surface area contributed by atoms with E-state index in [1.807, 2.05) is 44.2 Å². The summed E-state index contributed by atoms with van der Waals surface area (Å²) >= 11 is 0. The van der Waals surface area contributed by atoms with E-state index in [4.69, 9.17) is 4.74 Å². The minimum atomic E-state index is -3.76. The largest absolute Gasteiger partial charge is 0.497 e. The summed E-state index contributed by atoms with van der Waals surface area (Å²) in [6.45, 7) is 4.20. The third-order valence-electron chi connectivity index (χ3n) is 5.46. The highest BCUT2D eigenvalue weighted by Gasteiger charge is 2.31. The zero-order chi connectivity index (χ0) is 25.1. The van der Waals surface area contributed by atoms with E-state index < -0.39 is 28.5 Å². The van der Waals surface area contributed by atoms with Gasteiger partial charge in [-0.05, 0) is 49.1 Å². The Hall–Kier alpha value is -3.07. The summed E-state index contributed by atoms with van der Waals surface area (Å²) in [6, 6.07) is 15.4. The first kappa shape index (κ1) is 27.2. The second-order valence-corrected chi connectivity index (χ2v) is 9.91. The van der Waals surface area contributed by atoms with Crippen molar-refractivity contribution in [3.8, 4) is 5.75 Å². The molecule has 8 nitrogen and oxygen atoms in total. The summed E-state index contributed by atoms with van der Waals surface area (Å²) in [6.07, 6.45) is 2.80. The van der Waals surface area contributed by atoms with Gasteiger partial charge in [0.2, 0.25) is 21.8 Å². The van der Waals surface area contributed by atoms with Gasteiger partial charge in [-0.25, -0.2) is 8.42 Å². The van der Waals surface area contributed by atoms with Crippen LogP contribution in [0.5, 0.6) is 5.75 Å². The molecule has 2 aromatic rings. The number of hydrogen-bond acceptors (Lipinski definition) is 5. The number of benzene rings is 2. The lowest BCUT2D eigenvalue weighted by Gasteiger charge is -2.32. The maximum Gasteiger partial charge on any atom is 0.244 e. The number of ether oxygens (including phenoxy) is 1. The van der Waals surface area contributed by atoms with Crippen molar-refractivity contribution in [2.45, 2.75) is 39.2 Å². The van der Waals surface area contributed by atoms with Crippen LogP contribution in [0, 0.1) is 0 Å². The lowest BCUT2D eigenvalue weighted by molar-refractivity contribution is -0.139. The van der Waals surface area contributed by atoms with Crippen molar-refractivity contribution in [1.29, 1.82) is 0 Å². The monoisotopic (exact) mass is 489 g/mol. The predicted octanol–water partition coefficient (Wildman–Crippen LogP) is 2.84. The summed E-state index contributed by atoms with van der Waals surface area (Å²) in [7, 11) is -2.24. The number of methoxy groups -OCH3 is 1. The Kier molecular flexibility index (Phi) is 10.4. The van der Waals surface area contributed by atoms with Gasteiger partial charge in [-0.2, -0.15) is 0 Å². The third kappa shape index (κ3) is 7.76. The molecule has 1 N–H and O–H groups in total. The van der Waals surface area contributed by atoms with E-state index in [2.05, 4.69) is 5.32 Å². The average molecular weight is 490 g/mol. The normalized spacial score (nSPS) is 12.0. The van der Waals surface area contributed by atoms with Gasteiger partial charge in [0.05, 0.1) is 19.1 Å². The highest BCUT2D eigenvalue weighted by molar-refractivity contribution is 7.92. The molecule has 0 aromatic heterocycles. The summed E-state index contributed by atoms with van der Waals surface area (Å²) in [5, 5.41) is 2.87. The van der Waals surface area contributed by atoms with Crippen LogP contribution in [0.25, 0.3) is 0 Å². The molecule has 0 radical (unpaired) electrons. The first-order chi connectivity index (χ1) is 16.2. The van der Waals surface area contributed by atoms with E-state index in [0.29, 0.717) is 37.4 Å². The quantitative estimate of drug-likeness (QED) is 0.467. The molecular formula is C25H35N3O5S. The Morgan fingerprint density at radius 3 is 2.21 bits per heavy atom. The van der Waals surface area contributed by atoms with E-state index in [9.17, 15) is 18.0 Å². The molecule has 9 heteroatoms. The zero-order valence-electron chi connectivity index (χ0n) is 20.4. The van der Waals surface area contributed by atoms with Gasteiger partial charge in [-0.15, -0.1) is 0 Å². The molecule has 0 saturated heterocycles. The number of amides is 2. The van der Waals surface area contributed by atoms with Crippen molar-refractivity contribution in [2.75, 3.05) is 37.3 Å². The second kappa shape index (κ2) is 13.0. The number of rotatable bonds is 13. The van der Waals surface area contributed by atoms with Crippen LogP contribution in [-0.4, -0.2) is 64.2 Å². The van der Waals surface area contributed by atoms with Crippen molar-refractivity contribution in [3.05, 3.63) is 60.2 Å². The lowest BCUT2D eigenvalue weighted by atomic mass is 10.1. The number of nitrogens with zero attached hydrogens (tertiary/aromatic N) is 2. The molecular weight excluding hydrogens is 454 g/mol. The molecule has 0 spiro atoms. The van der Waals surface area contributed by atoms with E-state index in [1.165, 1.54) is 12.0 Å². The van der Waals surface area contributed by atoms with Gasteiger partial charge in [0.25, 0.3) is 0 Å². The minimum Gasteiger partial charge on any atom is -0.497 e. The molecule has 0 aliphatic carbocycles. The number of carbonyl (C=O) groups excluding carboxylic acids is 2. The molecule has 2 amide bonds. The van der Waals surface area contributed by atoms with Gasteiger partial charge in [0, 0.05) is 13.1 Å². The fourth-order valence-electron chi connectivity index (χ4n) is 3.62. The van der Waals surface area contributed by atoms with Crippen LogP contribution in [0.2, 0.25) is 0 Å². The Morgan fingerprint density at radius 2 is 1.68 bits per heavy atom. The van der Waals surface area contributed by atoms with Crippen LogP contribution < -0.4 is 14.4 Å². The van der Waals surface area contributed by atoms with E-state index in [0.717, 1.165) is 22.5 Å². The standard InChI is InChI=1S/C25H35N3O5S/c1-5-17-26-25(30)23(6-2)27(18-16-20-10-8-7-9-11-20)24(29)19-28(34(4,31)32)21-12-14-22(33-3)15-13-21/h7-15,23H,5-6,16-19H2,1-4H3,(H,26,30)/t23-/m0/s1. The van der Waals surface area contributed by atoms with Crippen molar-refractivity contribution in [1.82, 2.24) is 10.2 Å². The van der Waals surface area contributed by atoms with Gasteiger partial charge < -0.3 is 15.0 Å². The Morgan fingerprint density at radius 1 is 1.03 bits per heavy atom. The zero-order valence-corrected chi connectivity index (χ0v) is 21.2. The third-order valence-corrected chi connectivity index (χ3v) is 6.60. The summed E-state index contributed by atoms with van der Waals surface area (Å²) < 4.78 is 31.4. The van der Waals surface area contributed by atoms with Crippen LogP contribution in [0.4, 0.5) is 5.69 Å². The molecule has 2 rings (SSSR count). The molecule has 34 heavy (non-hydrogen) atoms. The fourth-order valence-corrected chi connectivity index (χ4v) is 4.47. The van der Waals surface area contributed by atoms with Crippen molar-refractivity contribution >= 4 is 27.5 Å². The smallest absolute Gasteiger partial charge is 0.244 e.